The summed E-state index contributed by atoms with van der Waals surface area (Å²) in [6, 6.07) is 1.50. The third-order valence-corrected chi connectivity index (χ3v) is 5.59. The highest BCUT2D eigenvalue weighted by Gasteiger charge is 2.35. The lowest BCUT2D eigenvalue weighted by Crippen LogP contribution is -2.58. The molecule has 0 spiro atoms. The lowest BCUT2D eigenvalue weighted by Gasteiger charge is -2.47. The maximum absolute atomic E-state index is 3.76. The molecule has 0 bridgehead atoms. The van der Waals surface area contributed by atoms with Gasteiger partial charge in [0.05, 0.1) is 0 Å². The first-order valence-electron chi connectivity index (χ1n) is 8.85. The quantitative estimate of drug-likeness (QED) is 0.835. The zero-order valence-corrected chi connectivity index (χ0v) is 14.1. The van der Waals surface area contributed by atoms with Crippen LogP contribution in [-0.2, 0) is 0 Å². The lowest BCUT2D eigenvalue weighted by atomic mass is 9.76. The van der Waals surface area contributed by atoms with Gasteiger partial charge in [0.1, 0.15) is 0 Å². The van der Waals surface area contributed by atoms with Crippen LogP contribution in [0.4, 0.5) is 0 Å². The molecule has 0 amide bonds. The topological polar surface area (TPSA) is 18.5 Å². The molecule has 1 aliphatic carbocycles. The van der Waals surface area contributed by atoms with Gasteiger partial charge in [-0.05, 0) is 44.2 Å². The van der Waals surface area contributed by atoms with Crippen LogP contribution in [0.5, 0.6) is 0 Å². The highest BCUT2D eigenvalue weighted by atomic mass is 15.3. The van der Waals surface area contributed by atoms with E-state index in [1.807, 2.05) is 0 Å². The maximum atomic E-state index is 3.76. The number of likely N-dealkylation sites (N-methyl/N-ethyl adjacent to an activating group) is 2. The first-order valence-corrected chi connectivity index (χ1v) is 8.85. The van der Waals surface area contributed by atoms with Gasteiger partial charge in [0.15, 0.2) is 0 Å². The third kappa shape index (κ3) is 3.96. The maximum Gasteiger partial charge on any atom is 0.0253 e. The molecule has 1 saturated carbocycles. The Morgan fingerprint density at radius 3 is 2.30 bits per heavy atom. The van der Waals surface area contributed by atoms with E-state index in [9.17, 15) is 0 Å². The summed E-state index contributed by atoms with van der Waals surface area (Å²) in [7, 11) is 0. The largest absolute Gasteiger partial charge is 0.313 e. The number of rotatable bonds is 5. The van der Waals surface area contributed by atoms with E-state index >= 15 is 0 Å². The van der Waals surface area contributed by atoms with Crippen LogP contribution in [0, 0.1) is 11.8 Å². The molecular formula is C17H35N3. The van der Waals surface area contributed by atoms with Gasteiger partial charge in [0.2, 0.25) is 0 Å². The fraction of sp³-hybridized carbons (Fsp3) is 1.00. The Balaban J connectivity index is 1.96. The Morgan fingerprint density at radius 2 is 1.75 bits per heavy atom. The molecule has 3 unspecified atom stereocenters. The molecule has 0 aromatic rings. The molecule has 0 aromatic carbocycles. The Kier molecular flexibility index (Phi) is 6.31. The second kappa shape index (κ2) is 7.77. The van der Waals surface area contributed by atoms with Crippen molar-refractivity contribution in [1.29, 1.82) is 0 Å². The highest BCUT2D eigenvalue weighted by Crippen LogP contribution is 2.33. The highest BCUT2D eigenvalue weighted by molar-refractivity contribution is 4.93. The van der Waals surface area contributed by atoms with Crippen LogP contribution in [0.3, 0.4) is 0 Å². The Bertz CT molecular complexity index is 271. The average Bonchev–Trinajstić information content (AvgIpc) is 2.48. The molecule has 1 heterocycles. The fourth-order valence-electron chi connectivity index (χ4n) is 4.10. The van der Waals surface area contributed by atoms with E-state index in [0.717, 1.165) is 30.5 Å². The van der Waals surface area contributed by atoms with Crippen LogP contribution in [-0.4, -0.2) is 61.2 Å². The standard InChI is InChI=1S/C17H35N3/c1-5-18-16-8-7-15(14(3)4)13-17(16)20-11-9-19(6-2)10-12-20/h14-18H,5-13H2,1-4H3. The number of nitrogens with zero attached hydrogens (tertiary/aromatic N) is 2. The van der Waals surface area contributed by atoms with E-state index in [-0.39, 0.29) is 0 Å². The van der Waals surface area contributed by atoms with Crippen molar-refractivity contribution in [2.24, 2.45) is 11.8 Å². The Hall–Kier alpha value is -0.120. The molecule has 1 N–H and O–H groups in total. The smallest absolute Gasteiger partial charge is 0.0253 e. The molecule has 3 heteroatoms. The van der Waals surface area contributed by atoms with Gasteiger partial charge < -0.3 is 10.2 Å². The minimum absolute atomic E-state index is 0.725. The average molecular weight is 281 g/mol. The van der Waals surface area contributed by atoms with Crippen LogP contribution in [0.2, 0.25) is 0 Å². The summed E-state index contributed by atoms with van der Waals surface area (Å²) in [5, 5.41) is 3.76. The van der Waals surface area contributed by atoms with Crippen molar-refractivity contribution in [2.75, 3.05) is 39.3 Å². The molecule has 2 rings (SSSR count). The number of piperazine rings is 1. The van der Waals surface area contributed by atoms with Crippen LogP contribution >= 0.6 is 0 Å². The van der Waals surface area contributed by atoms with E-state index < -0.39 is 0 Å². The van der Waals surface area contributed by atoms with E-state index in [4.69, 9.17) is 0 Å². The van der Waals surface area contributed by atoms with Gasteiger partial charge in [-0.25, -0.2) is 0 Å². The minimum Gasteiger partial charge on any atom is -0.313 e. The summed E-state index contributed by atoms with van der Waals surface area (Å²) in [4.78, 5) is 5.37. The van der Waals surface area contributed by atoms with Crippen molar-refractivity contribution in [1.82, 2.24) is 15.1 Å². The van der Waals surface area contributed by atoms with Gasteiger partial charge in [-0.1, -0.05) is 27.7 Å². The zero-order valence-electron chi connectivity index (χ0n) is 14.1. The fourth-order valence-corrected chi connectivity index (χ4v) is 4.10. The molecule has 1 aliphatic heterocycles. The summed E-state index contributed by atoms with van der Waals surface area (Å²) >= 11 is 0. The van der Waals surface area contributed by atoms with Crippen molar-refractivity contribution in [2.45, 2.75) is 59.0 Å². The van der Waals surface area contributed by atoms with Gasteiger partial charge in [0.25, 0.3) is 0 Å². The first kappa shape index (κ1) is 16.3. The van der Waals surface area contributed by atoms with E-state index in [0.29, 0.717) is 0 Å². The molecular weight excluding hydrogens is 246 g/mol. The van der Waals surface area contributed by atoms with Crippen molar-refractivity contribution in [3.05, 3.63) is 0 Å². The molecule has 0 aromatic heterocycles. The summed E-state index contributed by atoms with van der Waals surface area (Å²) < 4.78 is 0. The van der Waals surface area contributed by atoms with Crippen molar-refractivity contribution >= 4 is 0 Å². The van der Waals surface area contributed by atoms with Crippen molar-refractivity contribution in [3.8, 4) is 0 Å². The zero-order chi connectivity index (χ0) is 14.5. The molecule has 3 atom stereocenters. The van der Waals surface area contributed by atoms with Gasteiger partial charge >= 0.3 is 0 Å². The summed E-state index contributed by atoms with van der Waals surface area (Å²) in [6.45, 7) is 16.7. The van der Waals surface area contributed by atoms with E-state index in [1.165, 1.54) is 52.0 Å². The van der Waals surface area contributed by atoms with Gasteiger partial charge in [0, 0.05) is 38.3 Å². The Morgan fingerprint density at radius 1 is 1.05 bits per heavy atom. The Labute approximate surface area is 126 Å². The monoisotopic (exact) mass is 281 g/mol. The van der Waals surface area contributed by atoms with Crippen molar-refractivity contribution < 1.29 is 0 Å². The molecule has 2 fully saturated rings. The molecule has 2 aliphatic rings. The second-order valence-electron chi connectivity index (χ2n) is 7.02. The van der Waals surface area contributed by atoms with Gasteiger partial charge in [-0.3, -0.25) is 4.90 Å². The SMILES string of the molecule is CCNC1CCC(C(C)C)CC1N1CCN(CC)CC1. The van der Waals surface area contributed by atoms with Crippen molar-refractivity contribution in [3.63, 3.8) is 0 Å². The predicted molar refractivity (Wildman–Crippen MR) is 87.1 cm³/mol. The number of hydrogen-bond donors (Lipinski definition) is 1. The molecule has 20 heavy (non-hydrogen) atoms. The minimum atomic E-state index is 0.725. The van der Waals surface area contributed by atoms with Crippen LogP contribution < -0.4 is 5.32 Å². The molecule has 1 saturated heterocycles. The predicted octanol–water partition coefficient (Wildman–Crippen LogP) is 2.43. The van der Waals surface area contributed by atoms with Crippen LogP contribution in [0.25, 0.3) is 0 Å². The molecule has 0 radical (unpaired) electrons. The molecule has 3 nitrogen and oxygen atoms in total. The van der Waals surface area contributed by atoms with E-state index in [2.05, 4.69) is 42.8 Å². The number of hydrogen-bond acceptors (Lipinski definition) is 3. The van der Waals surface area contributed by atoms with Gasteiger partial charge in [-0.15, -0.1) is 0 Å². The van der Waals surface area contributed by atoms with Crippen LogP contribution in [0.1, 0.15) is 47.0 Å². The first-order chi connectivity index (χ1) is 9.65. The van der Waals surface area contributed by atoms with Gasteiger partial charge in [-0.2, -0.15) is 0 Å². The lowest BCUT2D eigenvalue weighted by molar-refractivity contribution is 0.0424. The second-order valence-corrected chi connectivity index (χ2v) is 7.02. The van der Waals surface area contributed by atoms with E-state index in [1.54, 1.807) is 0 Å². The number of nitrogens with one attached hydrogen (secondary N) is 1. The van der Waals surface area contributed by atoms with Crippen LogP contribution in [0.15, 0.2) is 0 Å². The summed E-state index contributed by atoms with van der Waals surface area (Å²) in [5.41, 5.74) is 0. The summed E-state index contributed by atoms with van der Waals surface area (Å²) in [6.07, 6.45) is 4.19. The normalized spacial score (nSPS) is 33.8. The third-order valence-electron chi connectivity index (χ3n) is 5.59. The summed E-state index contributed by atoms with van der Waals surface area (Å²) in [5.74, 6) is 1.77. The molecule has 118 valence electrons.